The quantitative estimate of drug-likeness (QED) is 0.456. The molecule has 0 unspecified atom stereocenters. The Morgan fingerprint density at radius 3 is 2.42 bits per heavy atom. The maximum absolute atomic E-state index is 14.5. The minimum Gasteiger partial charge on any atom is -0.481 e. The monoisotopic (exact) mass is 564 g/mol. The van der Waals surface area contributed by atoms with Gasteiger partial charge in [0.05, 0.1) is 22.9 Å². The van der Waals surface area contributed by atoms with Crippen LogP contribution in [0.5, 0.6) is 0 Å². The van der Waals surface area contributed by atoms with Crippen LogP contribution in [0.2, 0.25) is 5.02 Å². The van der Waals surface area contributed by atoms with Gasteiger partial charge in [-0.2, -0.15) is 4.98 Å². The molecular weight excluding hydrogens is 542 g/mol. The molecule has 2 aliphatic heterocycles. The summed E-state index contributed by atoms with van der Waals surface area (Å²) < 4.78 is 54.9. The number of fused-ring (bicyclic) bond motifs is 1. The van der Waals surface area contributed by atoms with Crippen molar-refractivity contribution < 1.29 is 27.1 Å². The van der Waals surface area contributed by atoms with Gasteiger partial charge in [0.1, 0.15) is 22.4 Å². The van der Waals surface area contributed by atoms with Crippen molar-refractivity contribution in [1.29, 1.82) is 0 Å². The van der Waals surface area contributed by atoms with Crippen molar-refractivity contribution >= 4 is 44.9 Å². The van der Waals surface area contributed by atoms with Crippen molar-refractivity contribution in [1.82, 2.24) is 19.9 Å². The average Bonchev–Trinajstić information content (AvgIpc) is 2.86. The van der Waals surface area contributed by atoms with Crippen LogP contribution in [0, 0.1) is 11.6 Å². The Kier molecular flexibility index (Phi) is 7.14. The van der Waals surface area contributed by atoms with Gasteiger partial charge in [0, 0.05) is 42.7 Å². The molecule has 2 aliphatic rings. The largest absolute Gasteiger partial charge is 0.481 e. The first-order valence-corrected chi connectivity index (χ1v) is 14.0. The Bertz CT molecular complexity index is 1480. The van der Waals surface area contributed by atoms with Gasteiger partial charge < -0.3 is 15.3 Å². The number of aromatic nitrogens is 4. The number of sulfone groups is 1. The molecule has 10 nitrogen and oxygen atoms in total. The van der Waals surface area contributed by atoms with Crippen LogP contribution < -0.4 is 10.2 Å². The number of carboxylic acid groups (broad SMARTS) is 1. The first kappa shape index (κ1) is 26.2. The molecule has 0 radical (unpaired) electrons. The molecule has 200 valence electrons. The fourth-order valence-corrected chi connectivity index (χ4v) is 6.46. The molecule has 3 aromatic rings. The summed E-state index contributed by atoms with van der Waals surface area (Å²) in [6, 6.07) is 1.84. The molecule has 1 saturated heterocycles. The van der Waals surface area contributed by atoms with Gasteiger partial charge >= 0.3 is 5.97 Å². The third-order valence-electron chi connectivity index (χ3n) is 6.58. The van der Waals surface area contributed by atoms with E-state index in [0.717, 1.165) is 12.1 Å². The molecule has 0 amide bonds. The lowest BCUT2D eigenvalue weighted by Crippen LogP contribution is -2.35. The molecule has 0 bridgehead atoms. The third kappa shape index (κ3) is 5.39. The molecule has 0 atom stereocenters. The summed E-state index contributed by atoms with van der Waals surface area (Å²) in [6.07, 6.45) is 4.52. The zero-order chi connectivity index (χ0) is 27.0. The summed E-state index contributed by atoms with van der Waals surface area (Å²) in [4.78, 5) is 30.4. The number of nitrogens with one attached hydrogen (secondary N) is 1. The molecule has 38 heavy (non-hydrogen) atoms. The number of hydrogen-bond acceptors (Lipinski definition) is 9. The van der Waals surface area contributed by atoms with Crippen molar-refractivity contribution in [3.05, 3.63) is 58.3 Å². The van der Waals surface area contributed by atoms with Gasteiger partial charge in [-0.05, 0) is 37.8 Å². The number of piperidine rings is 1. The number of nitrogens with zero attached hydrogens (tertiary/aromatic N) is 5. The number of carbonyl (C=O) groups is 1. The first-order chi connectivity index (χ1) is 18.1. The van der Waals surface area contributed by atoms with Crippen LogP contribution in [-0.4, -0.2) is 58.3 Å². The predicted molar refractivity (Wildman–Crippen MR) is 135 cm³/mol. The minimum absolute atomic E-state index is 0.0716. The van der Waals surface area contributed by atoms with E-state index in [0.29, 0.717) is 61.3 Å². The molecule has 14 heteroatoms. The highest BCUT2D eigenvalue weighted by atomic mass is 35.5. The van der Waals surface area contributed by atoms with E-state index < -0.39 is 39.4 Å². The molecular formula is C24H23ClF2N6O4S. The topological polar surface area (TPSA) is 138 Å². The van der Waals surface area contributed by atoms with E-state index in [2.05, 4.69) is 25.3 Å². The molecule has 5 rings (SSSR count). The van der Waals surface area contributed by atoms with Crippen molar-refractivity contribution in [2.75, 3.05) is 29.1 Å². The lowest BCUT2D eigenvalue weighted by molar-refractivity contribution is -0.136. The van der Waals surface area contributed by atoms with E-state index in [-0.39, 0.29) is 28.1 Å². The normalized spacial score (nSPS) is 17.2. The molecule has 1 aromatic carbocycles. The fraction of sp³-hybridized carbons (Fsp3) is 0.375. The second kappa shape index (κ2) is 10.4. The second-order valence-electron chi connectivity index (χ2n) is 9.21. The van der Waals surface area contributed by atoms with Crippen LogP contribution in [0.3, 0.4) is 0 Å². The standard InChI is InChI=1S/C24H23ClF2N6O4S/c25-14-11-28-22(29-12-14)13-3-5-33(6-4-13)24-31-19-2-1-7-38(36,37)21(19)23(32-24)30-15-8-17(26)16(10-20(34)35)18(27)9-15/h8-9,11-13H,1-7,10H2,(H,34,35)(H,30,31,32). The number of rotatable bonds is 6. The Balaban J connectivity index is 1.45. The minimum atomic E-state index is -3.73. The lowest BCUT2D eigenvalue weighted by atomic mass is 9.96. The molecule has 1 fully saturated rings. The highest BCUT2D eigenvalue weighted by Gasteiger charge is 2.32. The number of hydrogen-bond donors (Lipinski definition) is 2. The van der Waals surface area contributed by atoms with Crippen LogP contribution in [0.4, 0.5) is 26.2 Å². The summed E-state index contributed by atoms with van der Waals surface area (Å²) in [5.74, 6) is -2.54. The van der Waals surface area contributed by atoms with Gasteiger partial charge in [-0.15, -0.1) is 0 Å². The summed E-state index contributed by atoms with van der Waals surface area (Å²) >= 11 is 5.89. The number of anilines is 3. The Morgan fingerprint density at radius 2 is 1.79 bits per heavy atom. The Morgan fingerprint density at radius 1 is 1.13 bits per heavy atom. The summed E-state index contributed by atoms with van der Waals surface area (Å²) in [5.41, 5.74) is -0.343. The second-order valence-corrected chi connectivity index (χ2v) is 11.7. The number of aliphatic carboxylic acids is 1. The van der Waals surface area contributed by atoms with E-state index in [1.54, 1.807) is 12.4 Å². The van der Waals surface area contributed by atoms with Gasteiger partial charge in [0.15, 0.2) is 15.7 Å². The number of halogens is 3. The predicted octanol–water partition coefficient (Wildman–Crippen LogP) is 3.67. The van der Waals surface area contributed by atoms with E-state index >= 15 is 0 Å². The lowest BCUT2D eigenvalue weighted by Gasteiger charge is -2.32. The van der Waals surface area contributed by atoms with Gasteiger partial charge in [0.25, 0.3) is 0 Å². The van der Waals surface area contributed by atoms with E-state index in [1.807, 2.05) is 4.90 Å². The fourth-order valence-electron chi connectivity index (χ4n) is 4.74. The molecule has 2 aromatic heterocycles. The smallest absolute Gasteiger partial charge is 0.308 e. The van der Waals surface area contributed by atoms with Crippen LogP contribution in [0.1, 0.15) is 42.3 Å². The number of aryl methyl sites for hydroxylation is 1. The van der Waals surface area contributed by atoms with Gasteiger partial charge in [0.2, 0.25) is 5.95 Å². The molecule has 0 saturated carbocycles. The van der Waals surface area contributed by atoms with Crippen LogP contribution >= 0.6 is 11.6 Å². The van der Waals surface area contributed by atoms with Crippen molar-refractivity contribution in [2.24, 2.45) is 0 Å². The zero-order valence-electron chi connectivity index (χ0n) is 20.0. The van der Waals surface area contributed by atoms with Gasteiger partial charge in [-0.3, -0.25) is 4.79 Å². The SMILES string of the molecule is O=C(O)Cc1c(F)cc(Nc2nc(N3CCC(c4ncc(Cl)cn4)CC3)nc3c2S(=O)(=O)CCC3)cc1F. The van der Waals surface area contributed by atoms with Crippen LogP contribution in [0.25, 0.3) is 0 Å². The maximum atomic E-state index is 14.5. The van der Waals surface area contributed by atoms with Crippen LogP contribution in [0.15, 0.2) is 29.4 Å². The summed E-state index contributed by atoms with van der Waals surface area (Å²) in [5, 5.41) is 12.1. The van der Waals surface area contributed by atoms with E-state index in [9.17, 15) is 22.0 Å². The highest BCUT2D eigenvalue weighted by molar-refractivity contribution is 7.91. The van der Waals surface area contributed by atoms with Gasteiger partial charge in [-0.1, -0.05) is 11.6 Å². The molecule has 2 N–H and O–H groups in total. The van der Waals surface area contributed by atoms with Crippen molar-refractivity contribution in [3.63, 3.8) is 0 Å². The zero-order valence-corrected chi connectivity index (χ0v) is 21.6. The average molecular weight is 565 g/mol. The Labute approximate surface area is 222 Å². The van der Waals surface area contributed by atoms with Crippen molar-refractivity contribution in [2.45, 2.75) is 42.9 Å². The van der Waals surface area contributed by atoms with E-state index in [1.165, 1.54) is 0 Å². The highest BCUT2D eigenvalue weighted by Crippen LogP contribution is 2.35. The summed E-state index contributed by atoms with van der Waals surface area (Å²) in [7, 11) is -3.73. The third-order valence-corrected chi connectivity index (χ3v) is 8.65. The first-order valence-electron chi connectivity index (χ1n) is 11.9. The molecule has 4 heterocycles. The molecule has 0 spiro atoms. The Hall–Kier alpha value is -3.45. The summed E-state index contributed by atoms with van der Waals surface area (Å²) in [6.45, 7) is 1.13. The number of carboxylic acids is 1. The van der Waals surface area contributed by atoms with Crippen LogP contribution in [-0.2, 0) is 27.5 Å². The number of benzene rings is 1. The maximum Gasteiger partial charge on any atom is 0.308 e. The van der Waals surface area contributed by atoms with E-state index in [4.69, 9.17) is 16.7 Å². The van der Waals surface area contributed by atoms with Crippen molar-refractivity contribution in [3.8, 4) is 0 Å². The van der Waals surface area contributed by atoms with Gasteiger partial charge in [-0.25, -0.2) is 32.2 Å². The molecule has 0 aliphatic carbocycles.